The van der Waals surface area contributed by atoms with Crippen LogP contribution in [0.4, 0.5) is 10.1 Å². The third-order valence-electron chi connectivity index (χ3n) is 4.70. The van der Waals surface area contributed by atoms with Crippen molar-refractivity contribution in [3.05, 3.63) is 29.6 Å². The molecular formula is C16H23FN2. The van der Waals surface area contributed by atoms with Crippen molar-refractivity contribution in [3.63, 3.8) is 0 Å². The van der Waals surface area contributed by atoms with E-state index in [0.717, 1.165) is 24.3 Å². The molecule has 3 rings (SSSR count). The van der Waals surface area contributed by atoms with Crippen LogP contribution in [-0.4, -0.2) is 24.7 Å². The fourth-order valence-electron chi connectivity index (χ4n) is 3.63. The number of anilines is 1. The molecule has 1 spiro atoms. The number of rotatable bonds is 1. The highest BCUT2D eigenvalue weighted by Gasteiger charge is 2.40. The summed E-state index contributed by atoms with van der Waals surface area (Å²) in [6.07, 6.45) is 5.14. The first-order valence-corrected chi connectivity index (χ1v) is 7.37. The van der Waals surface area contributed by atoms with Gasteiger partial charge >= 0.3 is 0 Å². The van der Waals surface area contributed by atoms with Gasteiger partial charge in [-0.05, 0) is 50.5 Å². The molecule has 1 N–H and O–H groups in total. The van der Waals surface area contributed by atoms with Gasteiger partial charge in [0.25, 0.3) is 0 Å². The maximum absolute atomic E-state index is 13.6. The molecule has 3 heteroatoms. The van der Waals surface area contributed by atoms with E-state index in [4.69, 9.17) is 0 Å². The van der Waals surface area contributed by atoms with Crippen molar-refractivity contribution in [2.75, 3.05) is 18.0 Å². The number of benzene rings is 1. The normalized spacial score (nSPS) is 26.1. The Bertz CT molecular complexity index is 446. The maximum Gasteiger partial charge on any atom is 0.125 e. The largest absolute Gasteiger partial charge is 0.366 e. The summed E-state index contributed by atoms with van der Waals surface area (Å²) >= 11 is 0. The van der Waals surface area contributed by atoms with Crippen LogP contribution in [0.15, 0.2) is 18.2 Å². The molecule has 1 aliphatic heterocycles. The fourth-order valence-corrected chi connectivity index (χ4v) is 3.63. The number of hydrogen-bond acceptors (Lipinski definition) is 2. The lowest BCUT2D eigenvalue weighted by molar-refractivity contribution is 0.276. The quantitative estimate of drug-likeness (QED) is 0.836. The minimum atomic E-state index is -0.124. The monoisotopic (exact) mass is 262 g/mol. The molecule has 1 aliphatic carbocycles. The zero-order valence-corrected chi connectivity index (χ0v) is 11.9. The second kappa shape index (κ2) is 4.78. The van der Waals surface area contributed by atoms with Gasteiger partial charge in [-0.15, -0.1) is 0 Å². The lowest BCUT2D eigenvalue weighted by atomic mass is 9.92. The molecule has 2 aliphatic rings. The highest BCUT2D eigenvalue weighted by molar-refractivity contribution is 5.51. The van der Waals surface area contributed by atoms with Gasteiger partial charge in [-0.3, -0.25) is 0 Å². The minimum Gasteiger partial charge on any atom is -0.366 e. The molecule has 1 heterocycles. The van der Waals surface area contributed by atoms with Crippen molar-refractivity contribution >= 4 is 5.69 Å². The number of hydrogen-bond donors (Lipinski definition) is 1. The molecule has 1 saturated heterocycles. The van der Waals surface area contributed by atoms with Crippen molar-refractivity contribution in [2.45, 2.75) is 51.1 Å². The smallest absolute Gasteiger partial charge is 0.125 e. The van der Waals surface area contributed by atoms with Crippen LogP contribution in [0.1, 0.15) is 38.2 Å². The number of halogens is 1. The highest BCUT2D eigenvalue weighted by Crippen LogP contribution is 2.35. The van der Waals surface area contributed by atoms with Gasteiger partial charge < -0.3 is 10.2 Å². The van der Waals surface area contributed by atoms with Gasteiger partial charge in [0.2, 0.25) is 0 Å². The number of nitrogens with one attached hydrogen (secondary N) is 1. The second-order valence-corrected chi connectivity index (χ2v) is 6.33. The first kappa shape index (κ1) is 12.9. The summed E-state index contributed by atoms with van der Waals surface area (Å²) < 4.78 is 13.6. The van der Waals surface area contributed by atoms with Crippen molar-refractivity contribution in [1.29, 1.82) is 0 Å². The summed E-state index contributed by atoms with van der Waals surface area (Å²) in [5.41, 5.74) is 2.31. The lowest BCUT2D eigenvalue weighted by Crippen LogP contribution is -2.62. The molecule has 0 aromatic heterocycles. The van der Waals surface area contributed by atoms with E-state index in [1.165, 1.54) is 25.7 Å². The molecule has 2 fully saturated rings. The van der Waals surface area contributed by atoms with Crippen LogP contribution in [0.25, 0.3) is 0 Å². The second-order valence-electron chi connectivity index (χ2n) is 6.33. The third kappa shape index (κ3) is 2.48. The van der Waals surface area contributed by atoms with Gasteiger partial charge in [-0.1, -0.05) is 12.8 Å². The highest BCUT2D eigenvalue weighted by atomic mass is 19.1. The summed E-state index contributed by atoms with van der Waals surface area (Å²) in [4.78, 5) is 2.39. The van der Waals surface area contributed by atoms with Crippen molar-refractivity contribution in [3.8, 4) is 0 Å². The van der Waals surface area contributed by atoms with E-state index < -0.39 is 0 Å². The number of piperazine rings is 1. The number of nitrogens with zero attached hydrogens (tertiary/aromatic N) is 1. The average molecular weight is 262 g/mol. The van der Waals surface area contributed by atoms with Crippen molar-refractivity contribution < 1.29 is 4.39 Å². The van der Waals surface area contributed by atoms with E-state index in [9.17, 15) is 4.39 Å². The summed E-state index contributed by atoms with van der Waals surface area (Å²) in [5, 5.41) is 3.74. The molecule has 0 radical (unpaired) electrons. The van der Waals surface area contributed by atoms with Crippen LogP contribution in [0.5, 0.6) is 0 Å². The van der Waals surface area contributed by atoms with Crippen LogP contribution >= 0.6 is 0 Å². The SMILES string of the molecule is Cc1cc(F)cc(N2CC3(CCCC3)NCC2C)c1. The molecule has 19 heavy (non-hydrogen) atoms. The molecular weight excluding hydrogens is 239 g/mol. The zero-order valence-electron chi connectivity index (χ0n) is 11.9. The van der Waals surface area contributed by atoms with E-state index >= 15 is 0 Å². The van der Waals surface area contributed by atoms with E-state index in [1.54, 1.807) is 12.1 Å². The molecule has 1 saturated carbocycles. The molecule has 2 nitrogen and oxygen atoms in total. The summed E-state index contributed by atoms with van der Waals surface area (Å²) in [7, 11) is 0. The molecule has 1 aromatic rings. The molecule has 1 aromatic carbocycles. The first-order valence-electron chi connectivity index (χ1n) is 7.37. The van der Waals surface area contributed by atoms with Crippen molar-refractivity contribution in [1.82, 2.24) is 5.32 Å². The Morgan fingerprint density at radius 3 is 2.68 bits per heavy atom. The summed E-state index contributed by atoms with van der Waals surface area (Å²) in [5.74, 6) is -0.124. The molecule has 0 bridgehead atoms. The fraction of sp³-hybridized carbons (Fsp3) is 0.625. The standard InChI is InChI=1S/C16H23FN2/c1-12-7-14(17)9-15(8-12)19-11-16(5-3-4-6-16)18-10-13(19)2/h7-9,13,18H,3-6,10-11H2,1-2H3. The Morgan fingerprint density at radius 1 is 1.26 bits per heavy atom. The average Bonchev–Trinajstić information content (AvgIpc) is 2.80. The Hall–Kier alpha value is -1.09. The van der Waals surface area contributed by atoms with Gasteiger partial charge in [0, 0.05) is 30.4 Å². The lowest BCUT2D eigenvalue weighted by Gasteiger charge is -2.46. The Labute approximate surface area is 115 Å². The van der Waals surface area contributed by atoms with Gasteiger partial charge in [-0.25, -0.2) is 4.39 Å². The number of aryl methyl sites for hydroxylation is 1. The molecule has 1 unspecified atom stereocenters. The molecule has 0 amide bonds. The topological polar surface area (TPSA) is 15.3 Å². The van der Waals surface area contributed by atoms with E-state index in [0.29, 0.717) is 6.04 Å². The van der Waals surface area contributed by atoms with E-state index in [-0.39, 0.29) is 11.4 Å². The van der Waals surface area contributed by atoms with Crippen LogP contribution in [-0.2, 0) is 0 Å². The minimum absolute atomic E-state index is 0.124. The Kier molecular flexibility index (Phi) is 3.25. The maximum atomic E-state index is 13.6. The molecule has 104 valence electrons. The van der Waals surface area contributed by atoms with Crippen molar-refractivity contribution in [2.24, 2.45) is 0 Å². The van der Waals surface area contributed by atoms with Gasteiger partial charge in [0.15, 0.2) is 0 Å². The van der Waals surface area contributed by atoms with Crippen LogP contribution in [0.2, 0.25) is 0 Å². The zero-order chi connectivity index (χ0) is 13.5. The van der Waals surface area contributed by atoms with Gasteiger partial charge in [0.05, 0.1) is 0 Å². The third-order valence-corrected chi connectivity index (χ3v) is 4.70. The Balaban J connectivity index is 1.88. The summed E-state index contributed by atoms with van der Waals surface area (Å²) in [6.45, 7) is 6.19. The summed E-state index contributed by atoms with van der Waals surface area (Å²) in [6, 6.07) is 5.81. The predicted octanol–water partition coefficient (Wildman–Crippen LogP) is 3.25. The van der Waals surface area contributed by atoms with Crippen LogP contribution in [0, 0.1) is 12.7 Å². The Morgan fingerprint density at radius 2 is 2.00 bits per heavy atom. The van der Waals surface area contributed by atoms with Gasteiger partial charge in [0.1, 0.15) is 5.82 Å². The molecule has 1 atom stereocenters. The van der Waals surface area contributed by atoms with E-state index in [2.05, 4.69) is 23.2 Å². The predicted molar refractivity (Wildman–Crippen MR) is 77.1 cm³/mol. The van der Waals surface area contributed by atoms with E-state index in [1.807, 2.05) is 6.92 Å². The van der Waals surface area contributed by atoms with Gasteiger partial charge in [-0.2, -0.15) is 0 Å². The van der Waals surface area contributed by atoms with Crippen LogP contribution < -0.4 is 10.2 Å². The first-order chi connectivity index (χ1) is 9.08. The van der Waals surface area contributed by atoms with Crippen LogP contribution in [0.3, 0.4) is 0 Å².